The largest absolute Gasteiger partial charge is 0.462 e. The number of aromatic amines is 1. The third-order valence-corrected chi connectivity index (χ3v) is 2.92. The van der Waals surface area contributed by atoms with Gasteiger partial charge in [0, 0.05) is 5.38 Å². The highest BCUT2D eigenvalue weighted by atomic mass is 32.1. The fraction of sp³-hybridized carbons (Fsp3) is 0. The van der Waals surface area contributed by atoms with Crippen molar-refractivity contribution in [3.63, 3.8) is 0 Å². The van der Waals surface area contributed by atoms with Crippen LogP contribution in [0.15, 0.2) is 32.6 Å². The molecular formula is C9H5N3O2S2. The second kappa shape index (κ2) is 3.69. The molecule has 16 heavy (non-hydrogen) atoms. The Morgan fingerprint density at radius 2 is 2.38 bits per heavy atom. The average molecular weight is 251 g/mol. The van der Waals surface area contributed by atoms with Crippen molar-refractivity contribution in [2.45, 2.75) is 0 Å². The van der Waals surface area contributed by atoms with Crippen LogP contribution in [0.1, 0.15) is 0 Å². The lowest BCUT2D eigenvalue weighted by atomic mass is 10.4. The van der Waals surface area contributed by atoms with Crippen molar-refractivity contribution in [2.24, 2.45) is 0 Å². The number of hydrogen-bond donors (Lipinski definition) is 1. The van der Waals surface area contributed by atoms with Crippen molar-refractivity contribution in [2.75, 3.05) is 0 Å². The second-order valence-electron chi connectivity index (χ2n) is 2.93. The summed E-state index contributed by atoms with van der Waals surface area (Å²) in [6, 6.07) is 3.67. The van der Waals surface area contributed by atoms with Crippen LogP contribution in [0.5, 0.6) is 0 Å². The molecule has 0 amide bonds. The number of hydrogen-bond acceptors (Lipinski definition) is 6. The Morgan fingerprint density at radius 1 is 1.44 bits per heavy atom. The Bertz CT molecular complexity index is 650. The van der Waals surface area contributed by atoms with Crippen LogP contribution in [-0.2, 0) is 0 Å². The third-order valence-electron chi connectivity index (χ3n) is 1.89. The van der Waals surface area contributed by atoms with Crippen molar-refractivity contribution >= 4 is 23.6 Å². The molecule has 1 N–H and O–H groups in total. The molecular weight excluding hydrogens is 246 g/mol. The van der Waals surface area contributed by atoms with Crippen LogP contribution in [0.2, 0.25) is 0 Å². The van der Waals surface area contributed by atoms with E-state index in [1.165, 1.54) is 11.3 Å². The SMILES string of the molecule is S=c1[nH]nc(-c2csc(-c3ccco3)n2)o1. The highest BCUT2D eigenvalue weighted by Crippen LogP contribution is 2.27. The summed E-state index contributed by atoms with van der Waals surface area (Å²) < 4.78 is 10.4. The maximum absolute atomic E-state index is 5.24. The molecule has 3 heterocycles. The first-order valence-corrected chi connectivity index (χ1v) is 5.67. The zero-order chi connectivity index (χ0) is 11.0. The van der Waals surface area contributed by atoms with Gasteiger partial charge in [0.15, 0.2) is 10.8 Å². The summed E-state index contributed by atoms with van der Waals surface area (Å²) in [5.74, 6) is 1.12. The number of furan rings is 1. The summed E-state index contributed by atoms with van der Waals surface area (Å²) in [6.45, 7) is 0. The topological polar surface area (TPSA) is 67.8 Å². The molecule has 0 aliphatic heterocycles. The van der Waals surface area contributed by atoms with Gasteiger partial charge in [-0.3, -0.25) is 0 Å². The zero-order valence-corrected chi connectivity index (χ0v) is 9.47. The zero-order valence-electron chi connectivity index (χ0n) is 7.84. The predicted molar refractivity (Wildman–Crippen MR) is 60.5 cm³/mol. The van der Waals surface area contributed by atoms with E-state index in [1.54, 1.807) is 6.26 Å². The number of nitrogens with zero attached hydrogens (tertiary/aromatic N) is 2. The molecule has 7 heteroatoms. The van der Waals surface area contributed by atoms with Gasteiger partial charge >= 0.3 is 0 Å². The minimum atomic E-state index is 0.238. The molecule has 0 radical (unpaired) electrons. The quantitative estimate of drug-likeness (QED) is 0.709. The molecule has 0 aromatic carbocycles. The van der Waals surface area contributed by atoms with Gasteiger partial charge in [-0.15, -0.1) is 16.4 Å². The molecule has 80 valence electrons. The molecule has 0 saturated heterocycles. The lowest BCUT2D eigenvalue weighted by Crippen LogP contribution is -1.78. The minimum absolute atomic E-state index is 0.238. The van der Waals surface area contributed by atoms with E-state index in [9.17, 15) is 0 Å². The summed E-state index contributed by atoms with van der Waals surface area (Å²) >= 11 is 6.25. The Balaban J connectivity index is 2.03. The third kappa shape index (κ3) is 1.59. The summed E-state index contributed by atoms with van der Waals surface area (Å²) in [5.41, 5.74) is 0.642. The van der Waals surface area contributed by atoms with Crippen molar-refractivity contribution in [3.05, 3.63) is 28.6 Å². The van der Waals surface area contributed by atoms with Gasteiger partial charge in [-0.2, -0.15) is 0 Å². The summed E-state index contributed by atoms with van der Waals surface area (Å²) in [5, 5.41) is 9.07. The van der Waals surface area contributed by atoms with Gasteiger partial charge in [0.2, 0.25) is 0 Å². The Kier molecular flexibility index (Phi) is 2.19. The van der Waals surface area contributed by atoms with Gasteiger partial charge in [-0.1, -0.05) is 0 Å². The van der Waals surface area contributed by atoms with Crippen LogP contribution in [0.3, 0.4) is 0 Å². The molecule has 0 unspecified atom stereocenters. The Labute approximate surface area is 98.8 Å². The second-order valence-corrected chi connectivity index (χ2v) is 4.16. The highest BCUT2D eigenvalue weighted by Gasteiger charge is 2.11. The van der Waals surface area contributed by atoms with Crippen LogP contribution in [-0.4, -0.2) is 15.2 Å². The molecule has 5 nitrogen and oxygen atoms in total. The van der Waals surface area contributed by atoms with E-state index in [2.05, 4.69) is 15.2 Å². The van der Waals surface area contributed by atoms with Crippen LogP contribution >= 0.6 is 23.6 Å². The van der Waals surface area contributed by atoms with Gasteiger partial charge in [-0.25, -0.2) is 10.1 Å². The first-order chi connectivity index (χ1) is 7.83. The maximum atomic E-state index is 5.24. The Morgan fingerprint density at radius 3 is 3.06 bits per heavy atom. The van der Waals surface area contributed by atoms with Crippen molar-refractivity contribution < 1.29 is 8.83 Å². The first kappa shape index (κ1) is 9.49. The summed E-state index contributed by atoms with van der Waals surface area (Å²) in [6.07, 6.45) is 1.61. The van der Waals surface area contributed by atoms with E-state index in [-0.39, 0.29) is 4.84 Å². The Hall–Kier alpha value is -1.73. The molecule has 3 rings (SSSR count). The van der Waals surface area contributed by atoms with Crippen molar-refractivity contribution in [1.82, 2.24) is 15.2 Å². The van der Waals surface area contributed by atoms with Crippen LogP contribution in [0.25, 0.3) is 22.4 Å². The van der Waals surface area contributed by atoms with Gasteiger partial charge in [0.1, 0.15) is 5.69 Å². The van der Waals surface area contributed by atoms with Crippen LogP contribution in [0.4, 0.5) is 0 Å². The number of rotatable bonds is 2. The van der Waals surface area contributed by atoms with Crippen LogP contribution < -0.4 is 0 Å². The van der Waals surface area contributed by atoms with E-state index in [0.717, 1.165) is 10.8 Å². The molecule has 3 aromatic heterocycles. The number of H-pyrrole nitrogens is 1. The van der Waals surface area contributed by atoms with Gasteiger partial charge in [-0.05, 0) is 24.4 Å². The van der Waals surface area contributed by atoms with Crippen molar-refractivity contribution in [1.29, 1.82) is 0 Å². The molecule has 0 aliphatic rings. The van der Waals surface area contributed by atoms with Gasteiger partial charge in [0.25, 0.3) is 10.7 Å². The van der Waals surface area contributed by atoms with E-state index in [1.807, 2.05) is 17.5 Å². The first-order valence-electron chi connectivity index (χ1n) is 4.38. The molecule has 0 aliphatic carbocycles. The van der Waals surface area contributed by atoms with E-state index in [0.29, 0.717) is 11.6 Å². The number of nitrogens with one attached hydrogen (secondary N) is 1. The molecule has 0 atom stereocenters. The van der Waals surface area contributed by atoms with E-state index < -0.39 is 0 Å². The molecule has 0 spiro atoms. The molecule has 0 bridgehead atoms. The highest BCUT2D eigenvalue weighted by molar-refractivity contribution is 7.71. The molecule has 0 saturated carbocycles. The van der Waals surface area contributed by atoms with E-state index in [4.69, 9.17) is 21.1 Å². The lowest BCUT2D eigenvalue weighted by Gasteiger charge is -1.86. The van der Waals surface area contributed by atoms with Gasteiger partial charge < -0.3 is 8.83 Å². The normalized spacial score (nSPS) is 10.8. The fourth-order valence-electron chi connectivity index (χ4n) is 1.22. The lowest BCUT2D eigenvalue weighted by molar-refractivity contribution is 0.550. The van der Waals surface area contributed by atoms with Crippen LogP contribution in [0, 0.1) is 4.84 Å². The van der Waals surface area contributed by atoms with E-state index >= 15 is 0 Å². The fourth-order valence-corrected chi connectivity index (χ4v) is 2.11. The molecule has 0 fully saturated rings. The van der Waals surface area contributed by atoms with Gasteiger partial charge in [0.05, 0.1) is 6.26 Å². The number of aromatic nitrogens is 3. The minimum Gasteiger partial charge on any atom is -0.462 e. The predicted octanol–water partition coefficient (Wildman–Crippen LogP) is 3.12. The standard InChI is InChI=1S/C9H5N3O2S2/c15-9-12-11-7(14-9)5-4-16-8(10-5)6-2-1-3-13-6/h1-4H,(H,12,15). The maximum Gasteiger partial charge on any atom is 0.284 e. The smallest absolute Gasteiger partial charge is 0.284 e. The summed E-state index contributed by atoms with van der Waals surface area (Å²) in [7, 11) is 0. The van der Waals surface area contributed by atoms with Crippen molar-refractivity contribution in [3.8, 4) is 22.4 Å². The number of thiazole rings is 1. The summed E-state index contributed by atoms with van der Waals surface area (Å²) in [4.78, 5) is 4.58. The monoisotopic (exact) mass is 251 g/mol. The average Bonchev–Trinajstić information content (AvgIpc) is 2.97. The molecule has 3 aromatic rings.